The van der Waals surface area contributed by atoms with Crippen LogP contribution in [0, 0.1) is 0 Å². The Morgan fingerprint density at radius 1 is 1.00 bits per heavy atom. The molecule has 4 N–H and O–H groups in total. The number of nitrogens with two attached hydrogens (primary N) is 2. The minimum atomic E-state index is 0.628. The maximum atomic E-state index is 5.34. The summed E-state index contributed by atoms with van der Waals surface area (Å²) in [7, 11) is 0. The summed E-state index contributed by atoms with van der Waals surface area (Å²) in [6, 6.07) is 0. The fraction of sp³-hybridized carbons (Fsp3) is 0.667. The minimum absolute atomic E-state index is 0.628. The van der Waals surface area contributed by atoms with Gasteiger partial charge < -0.3 is 11.5 Å². The third kappa shape index (κ3) is 2.09. The van der Waals surface area contributed by atoms with Crippen molar-refractivity contribution in [1.82, 2.24) is 0 Å². The van der Waals surface area contributed by atoms with Crippen molar-refractivity contribution < 1.29 is 0 Å². The second-order valence-electron chi connectivity index (χ2n) is 1.97. The van der Waals surface area contributed by atoms with Gasteiger partial charge in [-0.1, -0.05) is 11.1 Å². The molecule has 0 aromatic rings. The molecule has 0 bridgehead atoms. The van der Waals surface area contributed by atoms with Crippen molar-refractivity contribution in [3.63, 3.8) is 0 Å². The van der Waals surface area contributed by atoms with Gasteiger partial charge in [-0.3, -0.25) is 0 Å². The zero-order valence-electron chi connectivity index (χ0n) is 5.57. The van der Waals surface area contributed by atoms with Crippen molar-refractivity contribution in [1.29, 1.82) is 0 Å². The maximum Gasteiger partial charge on any atom is 0.0137 e. The van der Waals surface area contributed by atoms with E-state index < -0.39 is 0 Å². The molecule has 2 heteroatoms. The lowest BCUT2D eigenvalue weighted by molar-refractivity contribution is 1.03. The van der Waals surface area contributed by atoms with Gasteiger partial charge >= 0.3 is 0 Å². The van der Waals surface area contributed by atoms with E-state index in [1.807, 2.05) is 13.8 Å². The lowest BCUT2D eigenvalue weighted by Crippen LogP contribution is -2.08. The van der Waals surface area contributed by atoms with Gasteiger partial charge in [-0.25, -0.2) is 0 Å². The van der Waals surface area contributed by atoms with Crippen molar-refractivity contribution >= 4 is 0 Å². The van der Waals surface area contributed by atoms with Crippen LogP contribution in [-0.4, -0.2) is 13.1 Å². The van der Waals surface area contributed by atoms with Crippen LogP contribution in [0.3, 0.4) is 0 Å². The van der Waals surface area contributed by atoms with Gasteiger partial charge in [0.2, 0.25) is 0 Å². The first kappa shape index (κ1) is 7.66. The molecule has 0 aliphatic rings. The monoisotopic (exact) mass is 114 g/mol. The highest BCUT2D eigenvalue weighted by Gasteiger charge is 1.88. The van der Waals surface area contributed by atoms with Crippen molar-refractivity contribution in [3.8, 4) is 0 Å². The lowest BCUT2D eigenvalue weighted by atomic mass is 10.1. The molecule has 0 aliphatic heterocycles. The summed E-state index contributed by atoms with van der Waals surface area (Å²) in [5.74, 6) is 0. The molecular weight excluding hydrogens is 100 g/mol. The third-order valence-corrected chi connectivity index (χ3v) is 1.34. The predicted molar refractivity (Wildman–Crippen MR) is 36.5 cm³/mol. The van der Waals surface area contributed by atoms with Gasteiger partial charge in [0.15, 0.2) is 0 Å². The summed E-state index contributed by atoms with van der Waals surface area (Å²) in [5.41, 5.74) is 13.1. The van der Waals surface area contributed by atoms with Gasteiger partial charge in [-0.2, -0.15) is 0 Å². The molecule has 0 radical (unpaired) electrons. The van der Waals surface area contributed by atoms with Crippen LogP contribution in [0.25, 0.3) is 0 Å². The van der Waals surface area contributed by atoms with Crippen LogP contribution in [0.1, 0.15) is 13.8 Å². The maximum absolute atomic E-state index is 5.34. The summed E-state index contributed by atoms with van der Waals surface area (Å²) in [6.07, 6.45) is 0. The Balaban J connectivity index is 3.83. The van der Waals surface area contributed by atoms with Crippen LogP contribution >= 0.6 is 0 Å². The largest absolute Gasteiger partial charge is 0.327 e. The average Bonchev–Trinajstić information content (AvgIpc) is 1.84. The molecule has 0 spiro atoms. The second kappa shape index (κ2) is 3.64. The van der Waals surface area contributed by atoms with Crippen LogP contribution in [0.4, 0.5) is 0 Å². The van der Waals surface area contributed by atoms with E-state index in [-0.39, 0.29) is 0 Å². The van der Waals surface area contributed by atoms with E-state index in [9.17, 15) is 0 Å². The van der Waals surface area contributed by atoms with E-state index in [1.165, 1.54) is 11.1 Å². The first-order valence-corrected chi connectivity index (χ1v) is 2.77. The number of rotatable bonds is 2. The normalized spacial score (nSPS) is 13.5. The van der Waals surface area contributed by atoms with Gasteiger partial charge in [-0.15, -0.1) is 0 Å². The van der Waals surface area contributed by atoms with Crippen molar-refractivity contribution in [3.05, 3.63) is 11.1 Å². The Bertz CT molecular complexity index is 82.7. The van der Waals surface area contributed by atoms with Gasteiger partial charge in [0.25, 0.3) is 0 Å². The van der Waals surface area contributed by atoms with Gasteiger partial charge in [0.1, 0.15) is 0 Å². The van der Waals surface area contributed by atoms with E-state index in [0.717, 1.165) is 0 Å². The van der Waals surface area contributed by atoms with Crippen molar-refractivity contribution in [2.24, 2.45) is 11.5 Å². The SMILES string of the molecule is C/C(CN)=C(/C)CN. The highest BCUT2D eigenvalue weighted by Crippen LogP contribution is 1.96. The van der Waals surface area contributed by atoms with Crippen molar-refractivity contribution in [2.45, 2.75) is 13.8 Å². The number of hydrogen-bond acceptors (Lipinski definition) is 2. The summed E-state index contributed by atoms with van der Waals surface area (Å²) in [6.45, 7) is 5.26. The fourth-order valence-corrected chi connectivity index (χ4v) is 0.348. The van der Waals surface area contributed by atoms with E-state index >= 15 is 0 Å². The molecule has 0 amide bonds. The summed E-state index contributed by atoms with van der Waals surface area (Å²) < 4.78 is 0. The summed E-state index contributed by atoms with van der Waals surface area (Å²) >= 11 is 0. The first-order valence-electron chi connectivity index (χ1n) is 2.77. The van der Waals surface area contributed by atoms with Crippen LogP contribution in [0.2, 0.25) is 0 Å². The molecular formula is C6H14N2. The van der Waals surface area contributed by atoms with Crippen LogP contribution < -0.4 is 11.5 Å². The smallest absolute Gasteiger partial charge is 0.0137 e. The molecule has 0 fully saturated rings. The quantitative estimate of drug-likeness (QED) is 0.505. The van der Waals surface area contributed by atoms with Gasteiger partial charge in [0, 0.05) is 13.1 Å². The van der Waals surface area contributed by atoms with Crippen LogP contribution in [-0.2, 0) is 0 Å². The summed E-state index contributed by atoms with van der Waals surface area (Å²) in [5, 5.41) is 0. The van der Waals surface area contributed by atoms with Gasteiger partial charge in [-0.05, 0) is 13.8 Å². The predicted octanol–water partition coefficient (Wildman–Crippen LogP) is 0.240. The molecule has 0 aromatic heterocycles. The first-order chi connectivity index (χ1) is 3.72. The van der Waals surface area contributed by atoms with E-state index in [4.69, 9.17) is 11.5 Å². The Morgan fingerprint density at radius 3 is 1.38 bits per heavy atom. The minimum Gasteiger partial charge on any atom is -0.327 e. The Kier molecular flexibility index (Phi) is 3.48. The van der Waals surface area contributed by atoms with Crippen LogP contribution in [0.5, 0.6) is 0 Å². The second-order valence-corrected chi connectivity index (χ2v) is 1.97. The zero-order chi connectivity index (χ0) is 6.57. The molecule has 48 valence electrons. The third-order valence-electron chi connectivity index (χ3n) is 1.34. The number of hydrogen-bond donors (Lipinski definition) is 2. The van der Waals surface area contributed by atoms with Crippen molar-refractivity contribution in [2.75, 3.05) is 13.1 Å². The molecule has 0 unspecified atom stereocenters. The topological polar surface area (TPSA) is 52.0 Å². The molecule has 0 heterocycles. The van der Waals surface area contributed by atoms with E-state index in [1.54, 1.807) is 0 Å². The summed E-state index contributed by atoms with van der Waals surface area (Å²) in [4.78, 5) is 0. The molecule has 2 nitrogen and oxygen atoms in total. The highest BCUT2D eigenvalue weighted by atomic mass is 14.6. The standard InChI is InChI=1S/C6H14N2/c1-5(3-7)6(2)4-8/h3-4,7-8H2,1-2H3/b6-5+. The Morgan fingerprint density at radius 2 is 1.25 bits per heavy atom. The lowest BCUT2D eigenvalue weighted by Gasteiger charge is -1.99. The molecule has 8 heavy (non-hydrogen) atoms. The van der Waals surface area contributed by atoms with E-state index in [0.29, 0.717) is 13.1 Å². The Hall–Kier alpha value is -0.340. The Labute approximate surface area is 50.6 Å². The highest BCUT2D eigenvalue weighted by molar-refractivity contribution is 5.11. The fourth-order valence-electron chi connectivity index (χ4n) is 0.348. The molecule has 0 rings (SSSR count). The molecule has 0 atom stereocenters. The molecule has 0 aliphatic carbocycles. The average molecular weight is 114 g/mol. The molecule has 0 aromatic carbocycles. The molecule has 0 saturated carbocycles. The van der Waals surface area contributed by atoms with Gasteiger partial charge in [0.05, 0.1) is 0 Å². The van der Waals surface area contributed by atoms with E-state index in [2.05, 4.69) is 0 Å². The van der Waals surface area contributed by atoms with Crippen LogP contribution in [0.15, 0.2) is 11.1 Å². The zero-order valence-corrected chi connectivity index (χ0v) is 5.57. The molecule has 0 saturated heterocycles.